The lowest BCUT2D eigenvalue weighted by atomic mass is 10.3. The lowest BCUT2D eigenvalue weighted by molar-refractivity contribution is 0.561. The van der Waals surface area contributed by atoms with Crippen LogP contribution in [0.25, 0.3) is 0 Å². The van der Waals surface area contributed by atoms with Crippen LogP contribution in [-0.2, 0) is 16.4 Å². The lowest BCUT2D eigenvalue weighted by Crippen LogP contribution is -2.21. The first-order valence-electron chi connectivity index (χ1n) is 3.97. The topological polar surface area (TPSA) is 59.3 Å². The van der Waals surface area contributed by atoms with Gasteiger partial charge in [0.05, 0.1) is 18.3 Å². The van der Waals surface area contributed by atoms with Crippen molar-refractivity contribution in [3.8, 4) is 0 Å². The fourth-order valence-corrected chi connectivity index (χ4v) is 1.40. The Morgan fingerprint density at radius 1 is 1.54 bits per heavy atom. The van der Waals surface area contributed by atoms with Crippen LogP contribution >= 0.6 is 0 Å². The van der Waals surface area contributed by atoms with E-state index < -0.39 is 9.84 Å². The van der Waals surface area contributed by atoms with Gasteiger partial charge in [0, 0.05) is 24.9 Å². The SMILES string of the molecule is CS(=O)(=O)CCNCc1ccoc1. The minimum absolute atomic E-state index is 0.171. The van der Waals surface area contributed by atoms with E-state index in [1.54, 1.807) is 12.5 Å². The van der Waals surface area contributed by atoms with E-state index in [2.05, 4.69) is 5.32 Å². The summed E-state index contributed by atoms with van der Waals surface area (Å²) in [5.41, 5.74) is 1.02. The summed E-state index contributed by atoms with van der Waals surface area (Å²) in [4.78, 5) is 0. The molecule has 1 rings (SSSR count). The van der Waals surface area contributed by atoms with Gasteiger partial charge in [-0.25, -0.2) is 8.42 Å². The zero-order chi connectivity index (χ0) is 9.73. The highest BCUT2D eigenvalue weighted by Gasteiger charge is 2.00. The van der Waals surface area contributed by atoms with Gasteiger partial charge in [-0.05, 0) is 6.07 Å². The molecule has 0 aliphatic heterocycles. The van der Waals surface area contributed by atoms with Gasteiger partial charge >= 0.3 is 0 Å². The first-order chi connectivity index (χ1) is 6.08. The molecule has 0 saturated heterocycles. The lowest BCUT2D eigenvalue weighted by Gasteiger charge is -2.00. The molecular weight excluding hydrogens is 190 g/mol. The fourth-order valence-electron chi connectivity index (χ4n) is 0.884. The van der Waals surface area contributed by atoms with E-state index in [9.17, 15) is 8.42 Å². The van der Waals surface area contributed by atoms with Crippen molar-refractivity contribution in [3.05, 3.63) is 24.2 Å². The number of hydrogen-bond donors (Lipinski definition) is 1. The maximum atomic E-state index is 10.7. The molecule has 1 N–H and O–H groups in total. The summed E-state index contributed by atoms with van der Waals surface area (Å²) in [5.74, 6) is 0.171. The van der Waals surface area contributed by atoms with Gasteiger partial charge in [-0.1, -0.05) is 0 Å². The molecular formula is C8H13NO3S. The Hall–Kier alpha value is -0.810. The van der Waals surface area contributed by atoms with Gasteiger partial charge in [-0.15, -0.1) is 0 Å². The Bertz CT molecular complexity index is 328. The minimum Gasteiger partial charge on any atom is -0.472 e. The van der Waals surface area contributed by atoms with Gasteiger partial charge < -0.3 is 9.73 Å². The van der Waals surface area contributed by atoms with Crippen molar-refractivity contribution in [1.29, 1.82) is 0 Å². The van der Waals surface area contributed by atoms with Gasteiger partial charge in [-0.2, -0.15) is 0 Å². The molecule has 0 saturated carbocycles. The van der Waals surface area contributed by atoms with Crippen molar-refractivity contribution < 1.29 is 12.8 Å². The smallest absolute Gasteiger partial charge is 0.148 e. The van der Waals surface area contributed by atoms with Crippen molar-refractivity contribution >= 4 is 9.84 Å². The molecule has 0 aliphatic rings. The van der Waals surface area contributed by atoms with Crippen molar-refractivity contribution in [2.75, 3.05) is 18.6 Å². The Kier molecular flexibility index (Phi) is 3.50. The van der Waals surface area contributed by atoms with Gasteiger partial charge in [0.2, 0.25) is 0 Å². The Balaban J connectivity index is 2.16. The molecule has 1 aromatic heterocycles. The van der Waals surface area contributed by atoms with E-state index in [-0.39, 0.29) is 5.75 Å². The van der Waals surface area contributed by atoms with E-state index in [1.165, 1.54) is 6.26 Å². The summed E-state index contributed by atoms with van der Waals surface area (Å²) >= 11 is 0. The van der Waals surface area contributed by atoms with Crippen molar-refractivity contribution in [3.63, 3.8) is 0 Å². The molecule has 0 amide bonds. The first kappa shape index (κ1) is 10.3. The second kappa shape index (κ2) is 4.43. The van der Waals surface area contributed by atoms with E-state index in [4.69, 9.17) is 4.42 Å². The van der Waals surface area contributed by atoms with Crippen molar-refractivity contribution in [2.24, 2.45) is 0 Å². The highest BCUT2D eigenvalue weighted by molar-refractivity contribution is 7.90. The summed E-state index contributed by atoms with van der Waals surface area (Å²) in [5, 5.41) is 3.01. The standard InChI is InChI=1S/C8H13NO3S/c1-13(10,11)5-3-9-6-8-2-4-12-7-8/h2,4,7,9H,3,5-6H2,1H3. The molecule has 1 heterocycles. The number of rotatable bonds is 5. The predicted octanol–water partition coefficient (Wildman–Crippen LogP) is 0.414. The monoisotopic (exact) mass is 203 g/mol. The molecule has 0 radical (unpaired) electrons. The zero-order valence-corrected chi connectivity index (χ0v) is 8.30. The molecule has 74 valence electrons. The van der Waals surface area contributed by atoms with Crippen LogP contribution in [-0.4, -0.2) is 27.0 Å². The van der Waals surface area contributed by atoms with E-state index >= 15 is 0 Å². The average Bonchev–Trinajstić information content (AvgIpc) is 2.48. The highest BCUT2D eigenvalue weighted by Crippen LogP contribution is 1.97. The van der Waals surface area contributed by atoms with Crippen LogP contribution in [0, 0.1) is 0 Å². The van der Waals surface area contributed by atoms with Crippen LogP contribution in [0.15, 0.2) is 23.0 Å². The number of nitrogens with one attached hydrogen (secondary N) is 1. The largest absolute Gasteiger partial charge is 0.472 e. The molecule has 5 heteroatoms. The van der Waals surface area contributed by atoms with Crippen LogP contribution in [0.4, 0.5) is 0 Å². The molecule has 0 aromatic carbocycles. The quantitative estimate of drug-likeness (QED) is 0.704. The maximum Gasteiger partial charge on any atom is 0.148 e. The molecule has 0 unspecified atom stereocenters. The predicted molar refractivity (Wildman–Crippen MR) is 50.1 cm³/mol. The number of sulfone groups is 1. The van der Waals surface area contributed by atoms with Gasteiger partial charge in [0.1, 0.15) is 9.84 Å². The summed E-state index contributed by atoms with van der Waals surface area (Å²) < 4.78 is 26.3. The minimum atomic E-state index is -2.85. The molecule has 0 aliphatic carbocycles. The number of hydrogen-bond acceptors (Lipinski definition) is 4. The van der Waals surface area contributed by atoms with Gasteiger partial charge in [-0.3, -0.25) is 0 Å². The summed E-state index contributed by atoms with van der Waals surface area (Å²) in [6.07, 6.45) is 4.45. The Labute approximate surface area is 77.9 Å². The van der Waals surface area contributed by atoms with Crippen LogP contribution in [0.5, 0.6) is 0 Å². The molecule has 4 nitrogen and oxygen atoms in total. The van der Waals surface area contributed by atoms with Crippen molar-refractivity contribution in [1.82, 2.24) is 5.32 Å². The second-order valence-electron chi connectivity index (χ2n) is 2.94. The zero-order valence-electron chi connectivity index (χ0n) is 7.49. The Morgan fingerprint density at radius 2 is 2.31 bits per heavy atom. The highest BCUT2D eigenvalue weighted by atomic mass is 32.2. The van der Waals surface area contributed by atoms with Crippen LogP contribution in [0.2, 0.25) is 0 Å². The van der Waals surface area contributed by atoms with Crippen LogP contribution < -0.4 is 5.32 Å². The molecule has 0 bridgehead atoms. The summed E-state index contributed by atoms with van der Waals surface area (Å²) in [6.45, 7) is 1.12. The third kappa shape index (κ3) is 4.69. The van der Waals surface area contributed by atoms with Gasteiger partial charge in [0.15, 0.2) is 0 Å². The molecule has 1 aromatic rings. The average molecular weight is 203 g/mol. The third-order valence-corrected chi connectivity index (χ3v) is 2.50. The second-order valence-corrected chi connectivity index (χ2v) is 5.20. The normalized spacial score (nSPS) is 11.8. The van der Waals surface area contributed by atoms with E-state index in [1.807, 2.05) is 6.07 Å². The van der Waals surface area contributed by atoms with Gasteiger partial charge in [0.25, 0.3) is 0 Å². The first-order valence-corrected chi connectivity index (χ1v) is 6.03. The van der Waals surface area contributed by atoms with Crippen LogP contribution in [0.3, 0.4) is 0 Å². The maximum absolute atomic E-state index is 10.7. The number of furan rings is 1. The fraction of sp³-hybridized carbons (Fsp3) is 0.500. The third-order valence-electron chi connectivity index (χ3n) is 1.56. The van der Waals surface area contributed by atoms with Crippen molar-refractivity contribution in [2.45, 2.75) is 6.54 Å². The summed E-state index contributed by atoms with van der Waals surface area (Å²) in [6, 6.07) is 1.84. The molecule has 13 heavy (non-hydrogen) atoms. The Morgan fingerprint density at radius 3 is 2.85 bits per heavy atom. The van der Waals surface area contributed by atoms with E-state index in [0.717, 1.165) is 5.56 Å². The summed E-state index contributed by atoms with van der Waals surface area (Å²) in [7, 11) is -2.85. The van der Waals surface area contributed by atoms with Crippen LogP contribution in [0.1, 0.15) is 5.56 Å². The molecule has 0 atom stereocenters. The molecule has 0 spiro atoms. The molecule has 0 fully saturated rings. The van der Waals surface area contributed by atoms with E-state index in [0.29, 0.717) is 13.1 Å².